The number of piperidine rings is 1. The summed E-state index contributed by atoms with van der Waals surface area (Å²) in [6.45, 7) is 9.34. The Hall–Kier alpha value is -0.560. The van der Waals surface area contributed by atoms with Crippen LogP contribution in [0.25, 0.3) is 0 Å². The van der Waals surface area contributed by atoms with Gasteiger partial charge in [-0.3, -0.25) is 14.5 Å². The number of piperazine rings is 1. The summed E-state index contributed by atoms with van der Waals surface area (Å²) in [4.78, 5) is 30.6. The number of rotatable bonds is 5. The number of carbonyl (C=O) groups excluding carboxylic acids is 2. The van der Waals surface area contributed by atoms with Gasteiger partial charge >= 0.3 is 0 Å². The first-order chi connectivity index (χ1) is 11.0. The van der Waals surface area contributed by atoms with Crippen LogP contribution in [0.3, 0.4) is 0 Å². The van der Waals surface area contributed by atoms with Crippen LogP contribution < -0.4 is 5.73 Å². The van der Waals surface area contributed by atoms with E-state index >= 15 is 0 Å². The Morgan fingerprint density at radius 1 is 0.880 bits per heavy atom. The first-order valence-corrected chi connectivity index (χ1v) is 9.02. The summed E-state index contributed by atoms with van der Waals surface area (Å²) >= 11 is 0. The SMILES string of the molecule is CC(C)C[C@H](N)C(=O)N1CCN(CC(=O)N2CCCCC2)CC1.Cl.Cl. The van der Waals surface area contributed by atoms with Crippen LogP contribution in [0.5, 0.6) is 0 Å². The molecule has 2 heterocycles. The van der Waals surface area contributed by atoms with Crippen LogP contribution in [0, 0.1) is 5.92 Å². The molecule has 1 atom stereocenters. The lowest BCUT2D eigenvalue weighted by atomic mass is 10.0. The molecule has 2 rings (SSSR count). The number of nitrogens with zero attached hydrogens (tertiary/aromatic N) is 3. The van der Waals surface area contributed by atoms with E-state index in [9.17, 15) is 9.59 Å². The van der Waals surface area contributed by atoms with E-state index in [4.69, 9.17) is 5.73 Å². The van der Waals surface area contributed by atoms with E-state index in [-0.39, 0.29) is 36.6 Å². The largest absolute Gasteiger partial charge is 0.342 e. The fourth-order valence-corrected chi connectivity index (χ4v) is 3.40. The normalized spacial score (nSPS) is 19.8. The van der Waals surface area contributed by atoms with Gasteiger partial charge in [0, 0.05) is 39.3 Å². The van der Waals surface area contributed by atoms with Crippen molar-refractivity contribution in [3.05, 3.63) is 0 Å². The van der Waals surface area contributed by atoms with E-state index in [1.807, 2.05) is 9.80 Å². The van der Waals surface area contributed by atoms with Crippen molar-refractivity contribution < 1.29 is 9.59 Å². The third kappa shape index (κ3) is 7.69. The van der Waals surface area contributed by atoms with Gasteiger partial charge in [-0.2, -0.15) is 0 Å². The van der Waals surface area contributed by atoms with Crippen molar-refractivity contribution in [2.45, 2.75) is 45.6 Å². The number of halogens is 2. The highest BCUT2D eigenvalue weighted by atomic mass is 35.5. The lowest BCUT2D eigenvalue weighted by Gasteiger charge is -2.37. The van der Waals surface area contributed by atoms with Gasteiger partial charge in [-0.1, -0.05) is 13.8 Å². The van der Waals surface area contributed by atoms with Crippen molar-refractivity contribution in [2.75, 3.05) is 45.8 Å². The van der Waals surface area contributed by atoms with Gasteiger partial charge in [-0.15, -0.1) is 24.8 Å². The smallest absolute Gasteiger partial charge is 0.239 e. The third-order valence-corrected chi connectivity index (χ3v) is 4.79. The molecule has 0 bridgehead atoms. The molecular weight excluding hydrogens is 363 g/mol. The van der Waals surface area contributed by atoms with Gasteiger partial charge in [0.1, 0.15) is 0 Å². The van der Waals surface area contributed by atoms with Crippen molar-refractivity contribution >= 4 is 36.6 Å². The lowest BCUT2D eigenvalue weighted by Crippen LogP contribution is -2.55. The molecule has 0 unspecified atom stereocenters. The van der Waals surface area contributed by atoms with E-state index in [1.165, 1.54) is 6.42 Å². The maximum absolute atomic E-state index is 12.3. The van der Waals surface area contributed by atoms with Crippen molar-refractivity contribution in [1.29, 1.82) is 0 Å². The van der Waals surface area contributed by atoms with Crippen LogP contribution in [0.1, 0.15) is 39.5 Å². The molecule has 0 aliphatic carbocycles. The van der Waals surface area contributed by atoms with Gasteiger partial charge in [-0.25, -0.2) is 0 Å². The minimum Gasteiger partial charge on any atom is -0.342 e. The first kappa shape index (κ1) is 24.4. The van der Waals surface area contributed by atoms with Gasteiger partial charge in [0.25, 0.3) is 0 Å². The first-order valence-electron chi connectivity index (χ1n) is 9.02. The van der Waals surface area contributed by atoms with E-state index in [1.54, 1.807) is 0 Å². The summed E-state index contributed by atoms with van der Waals surface area (Å²) in [5, 5.41) is 0. The second-order valence-corrected chi connectivity index (χ2v) is 7.28. The Morgan fingerprint density at radius 2 is 1.44 bits per heavy atom. The molecule has 0 saturated carbocycles. The Balaban J connectivity index is 0.00000288. The molecule has 0 spiro atoms. The fraction of sp³-hybridized carbons (Fsp3) is 0.882. The van der Waals surface area contributed by atoms with Gasteiger partial charge in [0.15, 0.2) is 0 Å². The van der Waals surface area contributed by atoms with E-state index in [0.29, 0.717) is 25.6 Å². The molecule has 25 heavy (non-hydrogen) atoms. The zero-order valence-corrected chi connectivity index (χ0v) is 17.1. The molecule has 0 aromatic carbocycles. The van der Waals surface area contributed by atoms with Crippen molar-refractivity contribution in [3.8, 4) is 0 Å². The van der Waals surface area contributed by atoms with Gasteiger partial charge in [0.05, 0.1) is 12.6 Å². The number of hydrogen-bond acceptors (Lipinski definition) is 4. The number of carbonyl (C=O) groups is 2. The fourth-order valence-electron chi connectivity index (χ4n) is 3.40. The summed E-state index contributed by atoms with van der Waals surface area (Å²) in [6, 6.07) is -0.392. The van der Waals surface area contributed by atoms with E-state index < -0.39 is 6.04 Å². The number of hydrogen-bond donors (Lipinski definition) is 1. The zero-order chi connectivity index (χ0) is 16.8. The average molecular weight is 397 g/mol. The van der Waals surface area contributed by atoms with Crippen LogP contribution in [0.2, 0.25) is 0 Å². The molecule has 0 aromatic rings. The van der Waals surface area contributed by atoms with E-state index in [0.717, 1.165) is 45.4 Å². The minimum atomic E-state index is -0.392. The molecule has 8 heteroatoms. The maximum atomic E-state index is 12.3. The highest BCUT2D eigenvalue weighted by Gasteiger charge is 2.27. The number of nitrogens with two attached hydrogens (primary N) is 1. The zero-order valence-electron chi connectivity index (χ0n) is 15.5. The summed E-state index contributed by atoms with van der Waals surface area (Å²) < 4.78 is 0. The second kappa shape index (κ2) is 11.9. The topological polar surface area (TPSA) is 69.9 Å². The van der Waals surface area contributed by atoms with Crippen LogP contribution in [-0.4, -0.2) is 78.4 Å². The van der Waals surface area contributed by atoms with Crippen LogP contribution >= 0.6 is 24.8 Å². The van der Waals surface area contributed by atoms with Crippen LogP contribution in [0.15, 0.2) is 0 Å². The molecule has 148 valence electrons. The molecule has 2 N–H and O–H groups in total. The van der Waals surface area contributed by atoms with Crippen LogP contribution in [0.4, 0.5) is 0 Å². The molecule has 0 radical (unpaired) electrons. The number of amides is 2. The predicted molar refractivity (Wildman–Crippen MR) is 105 cm³/mol. The molecule has 2 amide bonds. The Kier molecular flexibility index (Phi) is 11.7. The van der Waals surface area contributed by atoms with Crippen molar-refractivity contribution in [3.63, 3.8) is 0 Å². The van der Waals surface area contributed by atoms with Gasteiger partial charge in [-0.05, 0) is 31.6 Å². The molecule has 6 nitrogen and oxygen atoms in total. The van der Waals surface area contributed by atoms with Crippen molar-refractivity contribution in [1.82, 2.24) is 14.7 Å². The minimum absolute atomic E-state index is 0. The van der Waals surface area contributed by atoms with Gasteiger partial charge < -0.3 is 15.5 Å². The molecular formula is C17H34Cl2N4O2. The Bertz CT molecular complexity index is 409. The summed E-state index contributed by atoms with van der Waals surface area (Å²) in [5.74, 6) is 0.721. The predicted octanol–water partition coefficient (Wildman–Crippen LogP) is 1.36. The molecule has 2 fully saturated rings. The summed E-state index contributed by atoms with van der Waals surface area (Å²) in [7, 11) is 0. The molecule has 2 aliphatic rings. The highest BCUT2D eigenvalue weighted by molar-refractivity contribution is 5.85. The second-order valence-electron chi connectivity index (χ2n) is 7.28. The summed E-state index contributed by atoms with van der Waals surface area (Å²) in [6.07, 6.45) is 4.22. The van der Waals surface area contributed by atoms with Crippen LogP contribution in [-0.2, 0) is 9.59 Å². The Labute approximate surface area is 164 Å². The van der Waals surface area contributed by atoms with E-state index in [2.05, 4.69) is 18.7 Å². The Morgan fingerprint density at radius 3 is 1.96 bits per heavy atom. The standard InChI is InChI=1S/C17H32N4O2.2ClH/c1-14(2)12-15(18)17(23)21-10-8-19(9-11-21)13-16(22)20-6-4-3-5-7-20;;/h14-15H,3-13,18H2,1-2H3;2*1H/t15-;;/m0../s1. The maximum Gasteiger partial charge on any atom is 0.239 e. The quantitative estimate of drug-likeness (QED) is 0.761. The monoisotopic (exact) mass is 396 g/mol. The highest BCUT2D eigenvalue weighted by Crippen LogP contribution is 2.11. The average Bonchev–Trinajstić information content (AvgIpc) is 2.55. The third-order valence-electron chi connectivity index (χ3n) is 4.79. The summed E-state index contributed by atoms with van der Waals surface area (Å²) in [5.41, 5.74) is 6.00. The molecule has 2 aliphatic heterocycles. The van der Waals surface area contributed by atoms with Gasteiger partial charge in [0.2, 0.25) is 11.8 Å². The molecule has 2 saturated heterocycles. The lowest BCUT2D eigenvalue weighted by molar-refractivity contribution is -0.136. The number of likely N-dealkylation sites (tertiary alicyclic amines) is 1. The van der Waals surface area contributed by atoms with Crippen molar-refractivity contribution in [2.24, 2.45) is 11.7 Å². The molecule has 0 aromatic heterocycles.